The number of imidazole rings is 1. The molecule has 0 aliphatic carbocycles. The maximum absolute atomic E-state index is 13.3. The van der Waals surface area contributed by atoms with E-state index in [-0.39, 0.29) is 11.1 Å². The third-order valence-corrected chi connectivity index (χ3v) is 9.32. The fourth-order valence-electron chi connectivity index (χ4n) is 3.88. The number of para-hydroxylation sites is 2. The molecule has 5 aromatic rings. The highest BCUT2D eigenvalue weighted by Crippen LogP contribution is 2.46. The summed E-state index contributed by atoms with van der Waals surface area (Å²) in [5.74, 6) is 0.766. The Morgan fingerprint density at radius 1 is 0.969 bits per heavy atom. The van der Waals surface area contributed by atoms with Crippen molar-refractivity contribution in [1.82, 2.24) is 14.0 Å². The first-order valence-corrected chi connectivity index (χ1v) is 12.2. The standard InChI is InChI=1S/C22H16N4O3S3/c1-24-14-10-11(29-3)8-9-15(14)30-20(24)16-18(27)25(2)21(31-16)17-19(28)26-13-7-5-4-6-12(13)23-22(26)32-17/h4-10H,1-3H3/b20-16?,21-17-. The van der Waals surface area contributed by atoms with E-state index in [1.807, 2.05) is 54.4 Å². The van der Waals surface area contributed by atoms with Crippen LogP contribution in [0.1, 0.15) is 0 Å². The lowest BCUT2D eigenvalue weighted by Crippen LogP contribution is -2.30. The molecule has 0 saturated carbocycles. The molecule has 1 aliphatic heterocycles. The number of benzene rings is 2. The molecule has 0 N–H and O–H groups in total. The molecule has 3 aromatic heterocycles. The van der Waals surface area contributed by atoms with Crippen LogP contribution >= 0.6 is 34.4 Å². The molecule has 4 heterocycles. The van der Waals surface area contributed by atoms with Crippen LogP contribution in [-0.2, 0) is 7.05 Å². The maximum atomic E-state index is 13.3. The number of methoxy groups -OCH3 is 1. The Balaban J connectivity index is 1.66. The van der Waals surface area contributed by atoms with Crippen LogP contribution in [0.5, 0.6) is 5.75 Å². The first kappa shape index (κ1) is 19.6. The number of hydrogen-bond acceptors (Lipinski definition) is 8. The normalized spacial score (nSPS) is 16.3. The van der Waals surface area contributed by atoms with Crippen LogP contribution in [0.15, 0.2) is 56.9 Å². The van der Waals surface area contributed by atoms with Gasteiger partial charge in [-0.2, -0.15) is 0 Å². The first-order valence-electron chi connectivity index (χ1n) is 9.72. The van der Waals surface area contributed by atoms with Crippen LogP contribution in [0.2, 0.25) is 0 Å². The second kappa shape index (κ2) is 6.96. The average Bonchev–Trinajstić information content (AvgIpc) is 3.50. The summed E-state index contributed by atoms with van der Waals surface area (Å²) in [5.41, 5.74) is 2.30. The van der Waals surface area contributed by atoms with Crippen molar-refractivity contribution in [3.63, 3.8) is 0 Å². The van der Waals surface area contributed by atoms with Gasteiger partial charge in [0.2, 0.25) is 0 Å². The van der Waals surface area contributed by atoms with Gasteiger partial charge in [0.15, 0.2) is 4.96 Å². The zero-order valence-corrected chi connectivity index (χ0v) is 19.7. The average molecular weight is 481 g/mol. The van der Waals surface area contributed by atoms with Gasteiger partial charge in [-0.15, -0.1) is 11.3 Å². The fourth-order valence-corrected chi connectivity index (χ4v) is 7.48. The molecule has 1 aliphatic rings. The summed E-state index contributed by atoms with van der Waals surface area (Å²) in [5, 5.41) is 0.851. The zero-order chi connectivity index (χ0) is 22.1. The molecular formula is C22H16N4O3S3. The van der Waals surface area contributed by atoms with E-state index in [1.54, 1.807) is 34.9 Å². The number of hydrogen-bond donors (Lipinski definition) is 0. The Morgan fingerprint density at radius 3 is 2.59 bits per heavy atom. The van der Waals surface area contributed by atoms with E-state index in [0.29, 0.717) is 18.7 Å². The number of ether oxygens (including phenoxy) is 1. The van der Waals surface area contributed by atoms with Crippen molar-refractivity contribution in [1.29, 1.82) is 0 Å². The Morgan fingerprint density at radius 2 is 1.78 bits per heavy atom. The molecule has 0 saturated heterocycles. The number of aromatic nitrogens is 3. The Bertz CT molecular complexity index is 1830. The van der Waals surface area contributed by atoms with Crippen LogP contribution in [0.4, 0.5) is 5.69 Å². The molecule has 0 bridgehead atoms. The topological polar surface area (TPSA) is 68.8 Å². The van der Waals surface area contributed by atoms with E-state index in [4.69, 9.17) is 4.74 Å². The highest BCUT2D eigenvalue weighted by Gasteiger charge is 2.25. The van der Waals surface area contributed by atoms with E-state index in [9.17, 15) is 9.59 Å². The first-order chi connectivity index (χ1) is 15.5. The minimum Gasteiger partial charge on any atom is -0.497 e. The molecule has 0 fully saturated rings. The minimum atomic E-state index is -0.146. The van der Waals surface area contributed by atoms with E-state index in [2.05, 4.69) is 4.98 Å². The van der Waals surface area contributed by atoms with Crippen molar-refractivity contribution in [2.45, 2.75) is 4.90 Å². The molecule has 6 rings (SSSR count). The maximum Gasteiger partial charge on any atom is 0.277 e. The van der Waals surface area contributed by atoms with Crippen LogP contribution < -0.4 is 25.3 Å². The van der Waals surface area contributed by atoms with Gasteiger partial charge in [0.05, 0.1) is 23.8 Å². The Kier molecular flexibility index (Phi) is 4.26. The van der Waals surface area contributed by atoms with Crippen molar-refractivity contribution < 1.29 is 4.74 Å². The van der Waals surface area contributed by atoms with Gasteiger partial charge in [0.1, 0.15) is 24.5 Å². The molecule has 7 nitrogen and oxygen atoms in total. The quantitative estimate of drug-likeness (QED) is 0.368. The molecule has 160 valence electrons. The molecule has 0 amide bonds. The van der Waals surface area contributed by atoms with Crippen LogP contribution in [0.25, 0.3) is 21.0 Å². The lowest BCUT2D eigenvalue weighted by Gasteiger charge is -2.13. The number of anilines is 1. The van der Waals surface area contributed by atoms with Gasteiger partial charge in [0, 0.05) is 25.1 Å². The predicted molar refractivity (Wildman–Crippen MR) is 130 cm³/mol. The molecule has 0 radical (unpaired) electrons. The molecule has 10 heteroatoms. The molecular weight excluding hydrogens is 464 g/mol. The fraction of sp³-hybridized carbons (Fsp3) is 0.136. The van der Waals surface area contributed by atoms with Crippen molar-refractivity contribution >= 4 is 61.1 Å². The predicted octanol–water partition coefficient (Wildman–Crippen LogP) is 2.99. The molecule has 32 heavy (non-hydrogen) atoms. The Hall–Kier alpha value is -3.08. The Labute approximate surface area is 193 Å². The van der Waals surface area contributed by atoms with Crippen molar-refractivity contribution in [3.8, 4) is 5.75 Å². The third-order valence-electron chi connectivity index (χ3n) is 5.55. The highest BCUT2D eigenvalue weighted by molar-refractivity contribution is 8.08. The largest absolute Gasteiger partial charge is 0.497 e. The van der Waals surface area contributed by atoms with Crippen molar-refractivity contribution in [2.24, 2.45) is 7.05 Å². The third kappa shape index (κ3) is 2.63. The number of thioether (sulfide) groups is 1. The van der Waals surface area contributed by atoms with Gasteiger partial charge in [-0.25, -0.2) is 9.38 Å². The zero-order valence-electron chi connectivity index (χ0n) is 17.3. The van der Waals surface area contributed by atoms with Crippen LogP contribution in [0, 0.1) is 9.20 Å². The lowest BCUT2D eigenvalue weighted by atomic mass is 10.3. The number of thiazole rings is 2. The van der Waals surface area contributed by atoms with Crippen molar-refractivity contribution in [2.75, 3.05) is 19.1 Å². The van der Waals surface area contributed by atoms with Crippen molar-refractivity contribution in [3.05, 3.63) is 76.9 Å². The van der Waals surface area contributed by atoms with Gasteiger partial charge in [-0.1, -0.05) is 35.2 Å². The van der Waals surface area contributed by atoms with Crippen LogP contribution in [0.3, 0.4) is 0 Å². The van der Waals surface area contributed by atoms with Gasteiger partial charge < -0.3 is 14.2 Å². The van der Waals surface area contributed by atoms with Gasteiger partial charge in [-0.05, 0) is 24.3 Å². The number of rotatable bonds is 1. The monoisotopic (exact) mass is 480 g/mol. The summed E-state index contributed by atoms with van der Waals surface area (Å²) >= 11 is 4.22. The highest BCUT2D eigenvalue weighted by atomic mass is 32.2. The van der Waals surface area contributed by atoms with E-state index in [0.717, 1.165) is 32.4 Å². The second-order valence-corrected chi connectivity index (χ2v) is 10.4. The SMILES string of the molecule is COc1ccc2c(c1)N(C)C(=c1s/c(=c3\sc4nc5ccccc5n4c3=O)n(C)c1=O)S2. The summed E-state index contributed by atoms with van der Waals surface area (Å²) in [6.07, 6.45) is 0. The summed E-state index contributed by atoms with van der Waals surface area (Å²) < 4.78 is 10.3. The molecule has 0 unspecified atom stereocenters. The summed E-state index contributed by atoms with van der Waals surface area (Å²) in [6.45, 7) is 0. The number of nitrogens with zero attached hydrogens (tertiary/aromatic N) is 4. The summed E-state index contributed by atoms with van der Waals surface area (Å²) in [6, 6.07) is 13.4. The van der Waals surface area contributed by atoms with Gasteiger partial charge in [0.25, 0.3) is 11.1 Å². The van der Waals surface area contributed by atoms with E-state index in [1.165, 1.54) is 22.7 Å². The van der Waals surface area contributed by atoms with E-state index < -0.39 is 0 Å². The lowest BCUT2D eigenvalue weighted by molar-refractivity contribution is 0.414. The number of fused-ring (bicyclic) bond motifs is 4. The van der Waals surface area contributed by atoms with Gasteiger partial charge in [-0.3, -0.25) is 9.59 Å². The summed E-state index contributed by atoms with van der Waals surface area (Å²) in [4.78, 5) is 34.8. The summed E-state index contributed by atoms with van der Waals surface area (Å²) in [7, 11) is 5.29. The molecule has 2 aromatic carbocycles. The second-order valence-electron chi connectivity index (χ2n) is 7.36. The molecule has 0 spiro atoms. The van der Waals surface area contributed by atoms with Gasteiger partial charge >= 0.3 is 0 Å². The van der Waals surface area contributed by atoms with E-state index >= 15 is 0 Å². The molecule has 0 atom stereocenters. The van der Waals surface area contributed by atoms with Crippen LogP contribution in [-0.4, -0.2) is 28.1 Å². The minimum absolute atomic E-state index is 0.116. The smallest absolute Gasteiger partial charge is 0.277 e.